The van der Waals surface area contributed by atoms with Crippen molar-refractivity contribution < 1.29 is 9.53 Å². The standard InChI is InChI=1S/C17H25NO2/c1-2-3-7-15-10-12-18(13-11-15)17(19)20-14-16-8-5-4-6-9-16/h4-6,8-9,15H,2-3,7,10-14H2,1H3. The predicted octanol–water partition coefficient (Wildman–Crippen LogP) is 4.23. The van der Waals surface area contributed by atoms with Gasteiger partial charge in [0.1, 0.15) is 6.61 Å². The maximum atomic E-state index is 12.0. The summed E-state index contributed by atoms with van der Waals surface area (Å²) in [5.74, 6) is 0.799. The molecule has 1 heterocycles. The fourth-order valence-corrected chi connectivity index (χ4v) is 2.71. The van der Waals surface area contributed by atoms with Gasteiger partial charge in [0.2, 0.25) is 0 Å². The Kier molecular flexibility index (Phi) is 5.90. The third-order valence-electron chi connectivity index (χ3n) is 4.04. The number of nitrogens with zero attached hydrogens (tertiary/aromatic N) is 1. The molecule has 0 radical (unpaired) electrons. The number of hydrogen-bond donors (Lipinski definition) is 0. The number of carbonyl (C=O) groups excluding carboxylic acids is 1. The van der Waals surface area contributed by atoms with E-state index >= 15 is 0 Å². The zero-order valence-corrected chi connectivity index (χ0v) is 12.4. The van der Waals surface area contributed by atoms with E-state index in [1.165, 1.54) is 19.3 Å². The van der Waals surface area contributed by atoms with Gasteiger partial charge in [0, 0.05) is 13.1 Å². The van der Waals surface area contributed by atoms with Crippen LogP contribution in [0, 0.1) is 5.92 Å². The second kappa shape index (κ2) is 7.93. The lowest BCUT2D eigenvalue weighted by atomic mass is 9.92. The van der Waals surface area contributed by atoms with Crippen molar-refractivity contribution in [2.75, 3.05) is 13.1 Å². The van der Waals surface area contributed by atoms with Crippen molar-refractivity contribution in [2.24, 2.45) is 5.92 Å². The highest BCUT2D eigenvalue weighted by atomic mass is 16.6. The van der Waals surface area contributed by atoms with E-state index in [-0.39, 0.29) is 6.09 Å². The number of hydrogen-bond acceptors (Lipinski definition) is 2. The Morgan fingerprint density at radius 3 is 2.60 bits per heavy atom. The number of amides is 1. The lowest BCUT2D eigenvalue weighted by Crippen LogP contribution is -2.38. The molecule has 2 rings (SSSR count). The van der Waals surface area contributed by atoms with Crippen molar-refractivity contribution in [3.63, 3.8) is 0 Å². The van der Waals surface area contributed by atoms with E-state index in [9.17, 15) is 4.79 Å². The normalized spacial score (nSPS) is 16.1. The maximum Gasteiger partial charge on any atom is 0.410 e. The Morgan fingerprint density at radius 1 is 1.25 bits per heavy atom. The molecule has 1 saturated heterocycles. The average Bonchev–Trinajstić information content (AvgIpc) is 2.52. The Labute approximate surface area is 121 Å². The molecule has 0 unspecified atom stereocenters. The van der Waals surface area contributed by atoms with Crippen molar-refractivity contribution >= 4 is 6.09 Å². The van der Waals surface area contributed by atoms with Gasteiger partial charge in [0.25, 0.3) is 0 Å². The van der Waals surface area contributed by atoms with Crippen molar-refractivity contribution in [2.45, 2.75) is 45.6 Å². The maximum absolute atomic E-state index is 12.0. The highest BCUT2D eigenvalue weighted by molar-refractivity contribution is 5.67. The quantitative estimate of drug-likeness (QED) is 0.805. The molecule has 1 amide bonds. The molecule has 3 heteroatoms. The summed E-state index contributed by atoms with van der Waals surface area (Å²) in [5.41, 5.74) is 1.04. The van der Waals surface area contributed by atoms with Gasteiger partial charge in [0.15, 0.2) is 0 Å². The van der Waals surface area contributed by atoms with Crippen LogP contribution in [0.2, 0.25) is 0 Å². The van der Waals surface area contributed by atoms with Crippen LogP contribution in [0.15, 0.2) is 30.3 Å². The zero-order chi connectivity index (χ0) is 14.2. The zero-order valence-electron chi connectivity index (χ0n) is 12.4. The Morgan fingerprint density at radius 2 is 1.95 bits per heavy atom. The molecule has 3 nitrogen and oxygen atoms in total. The van der Waals surface area contributed by atoms with Gasteiger partial charge in [0.05, 0.1) is 0 Å². The molecule has 1 aromatic rings. The van der Waals surface area contributed by atoms with Crippen molar-refractivity contribution in [3.05, 3.63) is 35.9 Å². The number of carbonyl (C=O) groups is 1. The van der Waals surface area contributed by atoms with Gasteiger partial charge in [-0.2, -0.15) is 0 Å². The highest BCUT2D eigenvalue weighted by Crippen LogP contribution is 2.23. The van der Waals surface area contributed by atoms with E-state index in [4.69, 9.17) is 4.74 Å². The summed E-state index contributed by atoms with van der Waals surface area (Å²) in [6, 6.07) is 9.84. The molecule has 110 valence electrons. The van der Waals surface area contributed by atoms with E-state index in [1.54, 1.807) is 0 Å². The average molecular weight is 275 g/mol. The summed E-state index contributed by atoms with van der Waals surface area (Å²) in [7, 11) is 0. The van der Waals surface area contributed by atoms with Crippen LogP contribution >= 0.6 is 0 Å². The number of likely N-dealkylation sites (tertiary alicyclic amines) is 1. The molecule has 1 aliphatic rings. The summed E-state index contributed by atoms with van der Waals surface area (Å²) in [5, 5.41) is 0. The molecule has 0 atom stereocenters. The van der Waals surface area contributed by atoms with E-state index < -0.39 is 0 Å². The van der Waals surface area contributed by atoms with Crippen LogP contribution in [-0.2, 0) is 11.3 Å². The smallest absolute Gasteiger partial charge is 0.410 e. The molecular formula is C17H25NO2. The van der Waals surface area contributed by atoms with Crippen LogP contribution in [0.1, 0.15) is 44.6 Å². The minimum absolute atomic E-state index is 0.164. The fourth-order valence-electron chi connectivity index (χ4n) is 2.71. The fraction of sp³-hybridized carbons (Fsp3) is 0.588. The number of ether oxygens (including phenoxy) is 1. The lowest BCUT2D eigenvalue weighted by Gasteiger charge is -2.31. The Balaban J connectivity index is 1.69. The molecule has 0 aliphatic carbocycles. The molecule has 0 bridgehead atoms. The molecule has 0 spiro atoms. The second-order valence-electron chi connectivity index (χ2n) is 5.61. The monoisotopic (exact) mass is 275 g/mol. The Bertz CT molecular complexity index is 397. The van der Waals surface area contributed by atoms with Gasteiger partial charge in [-0.25, -0.2) is 4.79 Å². The van der Waals surface area contributed by atoms with Gasteiger partial charge >= 0.3 is 6.09 Å². The number of benzene rings is 1. The largest absolute Gasteiger partial charge is 0.445 e. The van der Waals surface area contributed by atoms with Crippen LogP contribution in [0.25, 0.3) is 0 Å². The molecule has 1 fully saturated rings. The first-order chi connectivity index (χ1) is 9.79. The van der Waals surface area contributed by atoms with Gasteiger partial charge in [-0.3, -0.25) is 0 Å². The van der Waals surface area contributed by atoms with Crippen molar-refractivity contribution in [1.29, 1.82) is 0 Å². The second-order valence-corrected chi connectivity index (χ2v) is 5.61. The first-order valence-corrected chi connectivity index (χ1v) is 7.75. The topological polar surface area (TPSA) is 29.5 Å². The molecular weight excluding hydrogens is 250 g/mol. The first-order valence-electron chi connectivity index (χ1n) is 7.75. The molecule has 1 aromatic carbocycles. The minimum Gasteiger partial charge on any atom is -0.445 e. The summed E-state index contributed by atoms with van der Waals surface area (Å²) in [4.78, 5) is 13.8. The highest BCUT2D eigenvalue weighted by Gasteiger charge is 2.23. The molecule has 1 aliphatic heterocycles. The van der Waals surface area contributed by atoms with Crippen LogP contribution in [0.4, 0.5) is 4.79 Å². The number of unbranched alkanes of at least 4 members (excludes halogenated alkanes) is 1. The number of rotatable bonds is 5. The van der Waals surface area contributed by atoms with E-state index in [0.29, 0.717) is 6.61 Å². The number of piperidine rings is 1. The van der Waals surface area contributed by atoms with Crippen molar-refractivity contribution in [3.8, 4) is 0 Å². The van der Waals surface area contributed by atoms with E-state index in [2.05, 4.69) is 6.92 Å². The van der Waals surface area contributed by atoms with Gasteiger partial charge in [-0.1, -0.05) is 56.5 Å². The van der Waals surface area contributed by atoms with Gasteiger partial charge in [-0.15, -0.1) is 0 Å². The SMILES string of the molecule is CCCCC1CCN(C(=O)OCc2ccccc2)CC1. The summed E-state index contributed by atoms with van der Waals surface area (Å²) in [6.07, 6.45) is 5.97. The van der Waals surface area contributed by atoms with Gasteiger partial charge in [-0.05, 0) is 24.3 Å². The molecule has 0 aromatic heterocycles. The summed E-state index contributed by atoms with van der Waals surface area (Å²) in [6.45, 7) is 4.30. The molecule has 0 N–H and O–H groups in total. The van der Waals surface area contributed by atoms with Crippen LogP contribution in [-0.4, -0.2) is 24.1 Å². The van der Waals surface area contributed by atoms with Gasteiger partial charge < -0.3 is 9.64 Å². The third kappa shape index (κ3) is 4.55. The first kappa shape index (κ1) is 14.9. The molecule has 0 saturated carbocycles. The summed E-state index contributed by atoms with van der Waals surface area (Å²) >= 11 is 0. The minimum atomic E-state index is -0.164. The molecule has 20 heavy (non-hydrogen) atoms. The van der Waals surface area contributed by atoms with E-state index in [0.717, 1.165) is 37.4 Å². The van der Waals surface area contributed by atoms with Crippen LogP contribution < -0.4 is 0 Å². The summed E-state index contributed by atoms with van der Waals surface area (Å²) < 4.78 is 5.37. The van der Waals surface area contributed by atoms with Crippen molar-refractivity contribution in [1.82, 2.24) is 4.90 Å². The van der Waals surface area contributed by atoms with Crippen LogP contribution in [0.3, 0.4) is 0 Å². The van der Waals surface area contributed by atoms with E-state index in [1.807, 2.05) is 35.2 Å². The Hall–Kier alpha value is -1.51. The van der Waals surface area contributed by atoms with Crippen LogP contribution in [0.5, 0.6) is 0 Å². The third-order valence-corrected chi connectivity index (χ3v) is 4.04. The predicted molar refractivity (Wildman–Crippen MR) is 80.4 cm³/mol. The lowest BCUT2D eigenvalue weighted by molar-refractivity contribution is 0.0813.